The smallest absolute Gasteiger partial charge is 0.0325 e. The van der Waals surface area contributed by atoms with Gasteiger partial charge in [-0.15, -0.1) is 0 Å². The molecule has 0 heterocycles. The van der Waals surface area contributed by atoms with Crippen LogP contribution >= 0.6 is 16.1 Å². The lowest BCUT2D eigenvalue weighted by Crippen LogP contribution is -2.37. The van der Waals surface area contributed by atoms with E-state index < -0.39 is 16.1 Å². The Balaban J connectivity index is 1.84. The fourth-order valence-corrected chi connectivity index (χ4v) is 11.1. The van der Waals surface area contributed by atoms with E-state index in [1.807, 2.05) is 0 Å². The Hall–Kier alpha value is -2.34. The van der Waals surface area contributed by atoms with Crippen molar-refractivity contribution in [1.82, 2.24) is 9.34 Å². The van der Waals surface area contributed by atoms with Gasteiger partial charge in [0.15, 0.2) is 0 Å². The summed E-state index contributed by atoms with van der Waals surface area (Å²) in [6.45, 7) is 10.4. The molecular formula is C33H40N2P2. The molecule has 0 N–H and O–H groups in total. The molecule has 4 aromatic carbocycles. The summed E-state index contributed by atoms with van der Waals surface area (Å²) in [5.41, 5.74) is 0. The van der Waals surface area contributed by atoms with Gasteiger partial charge in [-0.2, -0.15) is 0 Å². The Morgan fingerprint density at radius 2 is 0.865 bits per heavy atom. The van der Waals surface area contributed by atoms with Crippen LogP contribution in [0.5, 0.6) is 0 Å². The molecule has 4 heteroatoms. The normalized spacial score (nSPS) is 12.5. The van der Waals surface area contributed by atoms with Crippen molar-refractivity contribution in [3.8, 4) is 0 Å². The number of benzene rings is 4. The second-order valence-electron chi connectivity index (χ2n) is 9.30. The SMILES string of the molecule is CCN(CC)CCCC(C)N(P(c1ccccc1)c1ccccc1)P(c1ccccc1)c1ccccc1. The van der Waals surface area contributed by atoms with Gasteiger partial charge < -0.3 is 4.90 Å². The molecule has 0 aliphatic heterocycles. The minimum Gasteiger partial charge on any atom is -0.304 e. The molecule has 0 bridgehead atoms. The van der Waals surface area contributed by atoms with Crippen LogP contribution in [0.4, 0.5) is 0 Å². The highest BCUT2D eigenvalue weighted by molar-refractivity contribution is 7.84. The summed E-state index contributed by atoms with van der Waals surface area (Å²) >= 11 is 0. The molecule has 0 saturated carbocycles. The van der Waals surface area contributed by atoms with Gasteiger partial charge in [-0.1, -0.05) is 135 Å². The minimum absolute atomic E-state index is 0.425. The van der Waals surface area contributed by atoms with Gasteiger partial charge in [0.2, 0.25) is 0 Å². The van der Waals surface area contributed by atoms with Crippen LogP contribution in [-0.4, -0.2) is 35.0 Å². The van der Waals surface area contributed by atoms with Crippen molar-refractivity contribution in [1.29, 1.82) is 0 Å². The van der Waals surface area contributed by atoms with Crippen LogP contribution in [0, 0.1) is 0 Å². The van der Waals surface area contributed by atoms with Gasteiger partial charge >= 0.3 is 0 Å². The molecule has 0 fully saturated rings. The zero-order valence-electron chi connectivity index (χ0n) is 22.4. The fraction of sp³-hybridized carbons (Fsp3) is 0.273. The van der Waals surface area contributed by atoms with Crippen LogP contribution in [0.15, 0.2) is 121 Å². The zero-order chi connectivity index (χ0) is 25.9. The van der Waals surface area contributed by atoms with Crippen LogP contribution in [0.2, 0.25) is 0 Å². The van der Waals surface area contributed by atoms with Gasteiger partial charge in [0, 0.05) is 22.2 Å². The maximum Gasteiger partial charge on any atom is 0.0325 e. The van der Waals surface area contributed by atoms with Crippen molar-refractivity contribution in [2.24, 2.45) is 0 Å². The van der Waals surface area contributed by atoms with Crippen molar-refractivity contribution in [3.63, 3.8) is 0 Å². The molecule has 0 aliphatic rings. The van der Waals surface area contributed by atoms with Crippen molar-refractivity contribution in [3.05, 3.63) is 121 Å². The first-order valence-corrected chi connectivity index (χ1v) is 16.1. The van der Waals surface area contributed by atoms with Gasteiger partial charge in [-0.25, -0.2) is 4.44 Å². The Morgan fingerprint density at radius 1 is 0.541 bits per heavy atom. The summed E-state index contributed by atoms with van der Waals surface area (Å²) in [4.78, 5) is 2.55. The molecule has 0 amide bonds. The summed E-state index contributed by atoms with van der Waals surface area (Å²) in [5, 5.41) is 5.66. The molecule has 192 valence electrons. The van der Waals surface area contributed by atoms with Crippen molar-refractivity contribution in [2.45, 2.75) is 39.7 Å². The van der Waals surface area contributed by atoms with E-state index in [0.717, 1.165) is 19.6 Å². The van der Waals surface area contributed by atoms with Crippen LogP contribution in [0.3, 0.4) is 0 Å². The number of hydrogen-bond donors (Lipinski definition) is 0. The van der Waals surface area contributed by atoms with Crippen LogP contribution in [-0.2, 0) is 0 Å². The highest BCUT2D eigenvalue weighted by Gasteiger charge is 2.34. The monoisotopic (exact) mass is 526 g/mol. The molecule has 4 rings (SSSR count). The third-order valence-electron chi connectivity index (χ3n) is 6.80. The molecule has 0 spiro atoms. The summed E-state index contributed by atoms with van der Waals surface area (Å²) < 4.78 is 2.90. The molecule has 0 aromatic heterocycles. The van der Waals surface area contributed by atoms with E-state index in [4.69, 9.17) is 0 Å². The average Bonchev–Trinajstić information content (AvgIpc) is 2.97. The molecule has 0 radical (unpaired) electrons. The van der Waals surface area contributed by atoms with E-state index in [2.05, 4.69) is 151 Å². The molecule has 0 aliphatic carbocycles. The molecule has 2 nitrogen and oxygen atoms in total. The Bertz CT molecular complexity index is 990. The predicted molar refractivity (Wildman–Crippen MR) is 166 cm³/mol. The maximum absolute atomic E-state index is 2.90. The summed E-state index contributed by atoms with van der Waals surface area (Å²) in [6.07, 6.45) is 2.38. The van der Waals surface area contributed by atoms with Crippen molar-refractivity contribution >= 4 is 37.4 Å². The zero-order valence-corrected chi connectivity index (χ0v) is 24.2. The summed E-state index contributed by atoms with van der Waals surface area (Å²) in [6, 6.07) is 45.2. The Labute approximate surface area is 227 Å². The predicted octanol–water partition coefficient (Wildman–Crippen LogP) is 6.89. The molecule has 0 saturated heterocycles. The van der Waals surface area contributed by atoms with E-state index in [9.17, 15) is 0 Å². The number of nitrogens with zero attached hydrogens (tertiary/aromatic N) is 2. The first-order valence-electron chi connectivity index (χ1n) is 13.5. The molecule has 1 atom stereocenters. The summed E-state index contributed by atoms with van der Waals surface area (Å²) in [5.74, 6) is 0. The maximum atomic E-state index is 2.90. The van der Waals surface area contributed by atoms with Gasteiger partial charge in [0.25, 0.3) is 0 Å². The molecule has 37 heavy (non-hydrogen) atoms. The van der Waals surface area contributed by atoms with E-state index in [-0.39, 0.29) is 0 Å². The standard InChI is InChI=1S/C33H40N2P2/c1-4-34(5-2)28-18-19-29(3)35(36(30-20-10-6-11-21-30)31-22-12-7-13-23-31)37(32-24-14-8-15-25-32)33-26-16-9-17-27-33/h6-17,20-27,29H,4-5,18-19,28H2,1-3H3. The van der Waals surface area contributed by atoms with Crippen molar-refractivity contribution in [2.75, 3.05) is 19.6 Å². The summed E-state index contributed by atoms with van der Waals surface area (Å²) in [7, 11) is -1.46. The Kier molecular flexibility index (Phi) is 10.9. The molecule has 4 aromatic rings. The third-order valence-corrected chi connectivity index (χ3v) is 12.6. The second kappa shape index (κ2) is 14.6. The highest BCUT2D eigenvalue weighted by Crippen LogP contribution is 2.56. The van der Waals surface area contributed by atoms with Crippen LogP contribution in [0.1, 0.15) is 33.6 Å². The van der Waals surface area contributed by atoms with Gasteiger partial charge in [0.05, 0.1) is 0 Å². The van der Waals surface area contributed by atoms with Gasteiger partial charge in [0.1, 0.15) is 0 Å². The Morgan fingerprint density at radius 3 is 1.16 bits per heavy atom. The molecular weight excluding hydrogens is 486 g/mol. The highest BCUT2D eigenvalue weighted by atomic mass is 31.2. The quantitative estimate of drug-likeness (QED) is 0.175. The molecule has 1 unspecified atom stereocenters. The van der Waals surface area contributed by atoms with E-state index in [1.54, 1.807) is 0 Å². The van der Waals surface area contributed by atoms with Gasteiger partial charge in [-0.05, 0) is 60.6 Å². The van der Waals surface area contributed by atoms with Gasteiger partial charge in [-0.3, -0.25) is 0 Å². The van der Waals surface area contributed by atoms with Crippen molar-refractivity contribution < 1.29 is 0 Å². The first-order chi connectivity index (χ1) is 18.2. The lowest BCUT2D eigenvalue weighted by atomic mass is 10.2. The largest absolute Gasteiger partial charge is 0.304 e. The fourth-order valence-electron chi connectivity index (χ4n) is 4.80. The topological polar surface area (TPSA) is 6.48 Å². The average molecular weight is 527 g/mol. The van der Waals surface area contributed by atoms with Crippen LogP contribution < -0.4 is 21.2 Å². The first kappa shape index (κ1) is 27.7. The lowest BCUT2D eigenvalue weighted by molar-refractivity contribution is 0.289. The minimum atomic E-state index is -0.731. The van der Waals surface area contributed by atoms with E-state index >= 15 is 0 Å². The second-order valence-corrected chi connectivity index (χ2v) is 13.8. The number of rotatable bonds is 13. The van der Waals surface area contributed by atoms with Crippen LogP contribution in [0.25, 0.3) is 0 Å². The van der Waals surface area contributed by atoms with E-state index in [0.29, 0.717) is 6.04 Å². The third kappa shape index (κ3) is 7.37. The lowest BCUT2D eigenvalue weighted by Gasteiger charge is -2.43. The van der Waals surface area contributed by atoms with E-state index in [1.165, 1.54) is 34.1 Å². The number of hydrogen-bond acceptors (Lipinski definition) is 2.